The molecule has 0 atom stereocenters. The summed E-state index contributed by atoms with van der Waals surface area (Å²) in [5, 5.41) is 7.66. The quantitative estimate of drug-likeness (QED) is 0.499. The van der Waals surface area contributed by atoms with Crippen LogP contribution in [-0.4, -0.2) is 18.7 Å². The van der Waals surface area contributed by atoms with E-state index < -0.39 is 0 Å². The van der Waals surface area contributed by atoms with Gasteiger partial charge < -0.3 is 9.73 Å². The van der Waals surface area contributed by atoms with Crippen LogP contribution in [0, 0.1) is 6.92 Å². The minimum Gasteiger partial charge on any atom is -0.455 e. The van der Waals surface area contributed by atoms with Crippen LogP contribution in [0.25, 0.3) is 11.3 Å². The summed E-state index contributed by atoms with van der Waals surface area (Å²) in [6, 6.07) is 18.7. The second kappa shape index (κ2) is 8.36. The molecule has 1 amide bonds. The molecule has 1 aromatic heterocycles. The summed E-state index contributed by atoms with van der Waals surface area (Å²) in [5.41, 5.74) is 5.38. The Bertz CT molecular complexity index is 917. The maximum absolute atomic E-state index is 11.8. The molecule has 0 bridgehead atoms. The lowest BCUT2D eigenvalue weighted by Crippen LogP contribution is -2.26. The van der Waals surface area contributed by atoms with Gasteiger partial charge in [0.25, 0.3) is 5.91 Å². The molecule has 0 saturated carbocycles. The van der Waals surface area contributed by atoms with Gasteiger partial charge in [0.15, 0.2) is 0 Å². The number of hydrogen-bond donors (Lipinski definition) is 2. The van der Waals surface area contributed by atoms with Gasteiger partial charge in [-0.2, -0.15) is 5.10 Å². The zero-order valence-corrected chi connectivity index (χ0v) is 15.0. The molecule has 2 aromatic carbocycles. The summed E-state index contributed by atoms with van der Waals surface area (Å²) in [4.78, 5) is 11.8. The van der Waals surface area contributed by atoms with Crippen LogP contribution < -0.4 is 10.7 Å². The summed E-state index contributed by atoms with van der Waals surface area (Å²) in [6.45, 7) is 2.12. The number of furan rings is 1. The zero-order chi connectivity index (χ0) is 18.4. The molecule has 0 aliphatic rings. The molecule has 2 N–H and O–H groups in total. The molecule has 0 aliphatic carbocycles. The number of nitrogens with one attached hydrogen (secondary N) is 2. The first kappa shape index (κ1) is 17.8. The molecule has 0 unspecified atom stereocenters. The van der Waals surface area contributed by atoms with Gasteiger partial charge in [-0.05, 0) is 55.0 Å². The fourth-order valence-corrected chi connectivity index (χ4v) is 2.47. The number of nitrogens with zero attached hydrogens (tertiary/aromatic N) is 1. The number of anilines is 1. The van der Waals surface area contributed by atoms with Gasteiger partial charge >= 0.3 is 0 Å². The highest BCUT2D eigenvalue weighted by atomic mass is 35.5. The van der Waals surface area contributed by atoms with Crippen molar-refractivity contribution in [1.82, 2.24) is 5.43 Å². The number of rotatable bonds is 6. The second-order valence-corrected chi connectivity index (χ2v) is 6.11. The van der Waals surface area contributed by atoms with Gasteiger partial charge in [0, 0.05) is 16.3 Å². The van der Waals surface area contributed by atoms with Gasteiger partial charge in [0.1, 0.15) is 11.5 Å². The van der Waals surface area contributed by atoms with E-state index in [1.54, 1.807) is 18.2 Å². The van der Waals surface area contributed by atoms with E-state index in [4.69, 9.17) is 16.0 Å². The minimum atomic E-state index is -0.242. The summed E-state index contributed by atoms with van der Waals surface area (Å²) in [6.07, 6.45) is 1.46. The van der Waals surface area contributed by atoms with Crippen molar-refractivity contribution >= 4 is 29.4 Å². The summed E-state index contributed by atoms with van der Waals surface area (Å²) >= 11 is 5.88. The molecule has 3 rings (SSSR count). The SMILES string of the molecule is Cc1ccccc1NCC(=O)N/N=C/c1ccc(-c2ccc(Cl)cc2)o1. The highest BCUT2D eigenvalue weighted by Gasteiger charge is 2.04. The Morgan fingerprint density at radius 2 is 1.88 bits per heavy atom. The maximum atomic E-state index is 11.8. The molecule has 1 heterocycles. The van der Waals surface area contributed by atoms with Gasteiger partial charge in [-0.3, -0.25) is 4.79 Å². The Hall–Kier alpha value is -3.05. The van der Waals surface area contributed by atoms with E-state index in [1.807, 2.05) is 49.4 Å². The van der Waals surface area contributed by atoms with Crippen LogP contribution in [0.5, 0.6) is 0 Å². The lowest BCUT2D eigenvalue weighted by Gasteiger charge is -2.07. The number of amides is 1. The fourth-order valence-electron chi connectivity index (χ4n) is 2.35. The molecular weight excluding hydrogens is 350 g/mol. The zero-order valence-electron chi connectivity index (χ0n) is 14.2. The van der Waals surface area contributed by atoms with Crippen molar-refractivity contribution in [2.24, 2.45) is 5.10 Å². The number of benzene rings is 2. The molecule has 6 heteroatoms. The average Bonchev–Trinajstić information content (AvgIpc) is 3.10. The number of halogens is 1. The largest absolute Gasteiger partial charge is 0.455 e. The van der Waals surface area contributed by atoms with Crippen LogP contribution in [0.4, 0.5) is 5.69 Å². The third-order valence-corrected chi connectivity index (χ3v) is 3.97. The highest BCUT2D eigenvalue weighted by molar-refractivity contribution is 6.30. The van der Waals surface area contributed by atoms with Gasteiger partial charge in [-0.15, -0.1) is 0 Å². The monoisotopic (exact) mass is 367 g/mol. The number of carbonyl (C=O) groups excluding carboxylic acids is 1. The van der Waals surface area contributed by atoms with Crippen LogP contribution in [0.2, 0.25) is 5.02 Å². The Balaban J connectivity index is 1.51. The first-order valence-corrected chi connectivity index (χ1v) is 8.47. The van der Waals surface area contributed by atoms with E-state index in [-0.39, 0.29) is 12.5 Å². The molecule has 3 aromatic rings. The van der Waals surface area contributed by atoms with Crippen molar-refractivity contribution in [3.05, 3.63) is 77.0 Å². The van der Waals surface area contributed by atoms with Crippen molar-refractivity contribution in [1.29, 1.82) is 0 Å². The standard InChI is InChI=1S/C20H18ClN3O2/c1-14-4-2-3-5-18(14)22-13-20(25)24-23-12-17-10-11-19(26-17)15-6-8-16(21)9-7-15/h2-12,22H,13H2,1H3,(H,24,25)/b23-12+. The number of carbonyl (C=O) groups is 1. The fraction of sp³-hybridized carbons (Fsp3) is 0.100. The second-order valence-electron chi connectivity index (χ2n) is 5.67. The van der Waals surface area contributed by atoms with Gasteiger partial charge in [-0.1, -0.05) is 29.8 Å². The summed E-state index contributed by atoms with van der Waals surface area (Å²) in [5.74, 6) is 1.01. The number of hydrogen-bond acceptors (Lipinski definition) is 4. The van der Waals surface area contributed by atoms with Gasteiger partial charge in [0.05, 0.1) is 12.8 Å². The topological polar surface area (TPSA) is 66.6 Å². The van der Waals surface area contributed by atoms with E-state index in [1.165, 1.54) is 6.21 Å². The number of hydrazone groups is 1. The van der Waals surface area contributed by atoms with Crippen LogP contribution in [0.3, 0.4) is 0 Å². The van der Waals surface area contributed by atoms with Crippen molar-refractivity contribution < 1.29 is 9.21 Å². The molecule has 132 valence electrons. The maximum Gasteiger partial charge on any atom is 0.259 e. The first-order valence-electron chi connectivity index (χ1n) is 8.09. The van der Waals surface area contributed by atoms with Crippen molar-refractivity contribution in [2.45, 2.75) is 6.92 Å². The number of para-hydroxylation sites is 1. The Kier molecular flexibility index (Phi) is 5.71. The van der Waals surface area contributed by atoms with Crippen LogP contribution >= 0.6 is 11.6 Å². The van der Waals surface area contributed by atoms with Gasteiger partial charge in [0.2, 0.25) is 0 Å². The third-order valence-electron chi connectivity index (χ3n) is 3.72. The minimum absolute atomic E-state index is 0.135. The van der Waals surface area contributed by atoms with E-state index in [9.17, 15) is 4.79 Å². The molecule has 5 nitrogen and oxygen atoms in total. The highest BCUT2D eigenvalue weighted by Crippen LogP contribution is 2.23. The van der Waals surface area contributed by atoms with Gasteiger partial charge in [-0.25, -0.2) is 5.43 Å². The Morgan fingerprint density at radius 1 is 1.12 bits per heavy atom. The van der Waals surface area contributed by atoms with E-state index in [2.05, 4.69) is 15.8 Å². The normalized spacial score (nSPS) is 10.8. The average molecular weight is 368 g/mol. The lowest BCUT2D eigenvalue weighted by molar-refractivity contribution is -0.119. The molecular formula is C20H18ClN3O2. The van der Waals surface area contributed by atoms with Crippen molar-refractivity contribution in [2.75, 3.05) is 11.9 Å². The molecule has 0 fully saturated rings. The Morgan fingerprint density at radius 3 is 2.65 bits per heavy atom. The smallest absolute Gasteiger partial charge is 0.259 e. The molecule has 0 aliphatic heterocycles. The van der Waals surface area contributed by atoms with E-state index >= 15 is 0 Å². The summed E-state index contributed by atoms with van der Waals surface area (Å²) in [7, 11) is 0. The predicted octanol–water partition coefficient (Wildman–Crippen LogP) is 4.47. The van der Waals surface area contributed by atoms with Crippen molar-refractivity contribution in [3.63, 3.8) is 0 Å². The van der Waals surface area contributed by atoms with Crippen LogP contribution in [-0.2, 0) is 4.79 Å². The Labute approximate surface area is 156 Å². The van der Waals surface area contributed by atoms with E-state index in [0.717, 1.165) is 16.8 Å². The lowest BCUT2D eigenvalue weighted by atomic mass is 10.2. The molecule has 0 radical (unpaired) electrons. The van der Waals surface area contributed by atoms with Crippen molar-refractivity contribution in [3.8, 4) is 11.3 Å². The number of aryl methyl sites for hydroxylation is 1. The molecule has 0 saturated heterocycles. The van der Waals surface area contributed by atoms with Crippen LogP contribution in [0.15, 0.2) is 70.2 Å². The molecule has 0 spiro atoms. The van der Waals surface area contributed by atoms with E-state index in [0.29, 0.717) is 16.5 Å². The van der Waals surface area contributed by atoms with Crippen LogP contribution in [0.1, 0.15) is 11.3 Å². The summed E-state index contributed by atoms with van der Waals surface area (Å²) < 4.78 is 5.68. The predicted molar refractivity (Wildman–Crippen MR) is 105 cm³/mol. The third kappa shape index (κ3) is 4.74. The first-order chi connectivity index (χ1) is 12.6. The molecule has 26 heavy (non-hydrogen) atoms.